The van der Waals surface area contributed by atoms with Gasteiger partial charge in [-0.1, -0.05) is 26.0 Å². The molecule has 0 aliphatic heterocycles. The highest BCUT2D eigenvalue weighted by atomic mass is 16.6. The Labute approximate surface area is 218 Å². The van der Waals surface area contributed by atoms with Gasteiger partial charge in [-0.15, -0.1) is 0 Å². The van der Waals surface area contributed by atoms with Gasteiger partial charge in [0.05, 0.1) is 0 Å². The Kier molecular flexibility index (Phi) is 6.58. The first-order valence-electron chi connectivity index (χ1n) is 13.1. The van der Waals surface area contributed by atoms with Gasteiger partial charge in [0.15, 0.2) is 0 Å². The van der Waals surface area contributed by atoms with E-state index in [1.54, 1.807) is 0 Å². The molecule has 0 aromatic carbocycles. The maximum atomic E-state index is 12.6. The second-order valence-corrected chi connectivity index (χ2v) is 12.4. The molecule has 0 unspecified atom stereocenters. The molecular formula is C28H40O9. The zero-order valence-corrected chi connectivity index (χ0v) is 22.9. The lowest BCUT2D eigenvalue weighted by atomic mass is 9.61. The number of aliphatic hydroxyl groups is 1. The summed E-state index contributed by atoms with van der Waals surface area (Å²) in [5, 5.41) is 12.6. The summed E-state index contributed by atoms with van der Waals surface area (Å²) in [6.45, 7) is 15.3. The molecule has 9 heteroatoms. The minimum atomic E-state index is -1.60. The molecule has 4 saturated carbocycles. The SMILES string of the molecule is C=C1[C@@H]2CC[C@H]3[C@H](OC(C)=O)[C@]2(C[C@H](OC(C)=O)[C@@]2(O)[C@H]1C[C@H](OC(C)=O)C2(C)C)C[C@@]3(C)OC(C)=O. The van der Waals surface area contributed by atoms with Crippen LogP contribution < -0.4 is 0 Å². The summed E-state index contributed by atoms with van der Waals surface area (Å²) in [5.41, 5.74) is -3.49. The lowest BCUT2D eigenvalue weighted by Gasteiger charge is -2.48. The molecule has 4 fully saturated rings. The summed E-state index contributed by atoms with van der Waals surface area (Å²) in [6, 6.07) is 0. The fourth-order valence-corrected chi connectivity index (χ4v) is 8.66. The Bertz CT molecular complexity index is 1030. The van der Waals surface area contributed by atoms with E-state index < -0.39 is 70.1 Å². The Morgan fingerprint density at radius 2 is 1.41 bits per heavy atom. The predicted molar refractivity (Wildman–Crippen MR) is 131 cm³/mol. The maximum Gasteiger partial charge on any atom is 0.303 e. The summed E-state index contributed by atoms with van der Waals surface area (Å²) in [4.78, 5) is 48.8. The van der Waals surface area contributed by atoms with Crippen LogP contribution in [0.25, 0.3) is 0 Å². The average Bonchev–Trinajstić information content (AvgIpc) is 2.96. The summed E-state index contributed by atoms with van der Waals surface area (Å²) in [6.07, 6.45) is -0.00949. The quantitative estimate of drug-likeness (QED) is 0.338. The van der Waals surface area contributed by atoms with E-state index in [9.17, 15) is 24.3 Å². The van der Waals surface area contributed by atoms with E-state index in [4.69, 9.17) is 18.9 Å². The number of fused-ring (bicyclic) bond motifs is 2. The van der Waals surface area contributed by atoms with Gasteiger partial charge in [-0.05, 0) is 44.9 Å². The predicted octanol–water partition coefficient (Wildman–Crippen LogP) is 3.26. The zero-order valence-electron chi connectivity index (χ0n) is 22.9. The molecule has 206 valence electrons. The van der Waals surface area contributed by atoms with Crippen molar-refractivity contribution in [1.82, 2.24) is 0 Å². The van der Waals surface area contributed by atoms with Crippen molar-refractivity contribution in [2.45, 2.75) is 110 Å². The van der Waals surface area contributed by atoms with Gasteiger partial charge in [-0.25, -0.2) is 0 Å². The van der Waals surface area contributed by atoms with Crippen molar-refractivity contribution in [2.75, 3.05) is 0 Å². The van der Waals surface area contributed by atoms with Gasteiger partial charge in [0.1, 0.15) is 29.5 Å². The van der Waals surface area contributed by atoms with Gasteiger partial charge in [-0.3, -0.25) is 19.2 Å². The Morgan fingerprint density at radius 3 is 1.95 bits per heavy atom. The number of carbonyl (C=O) groups excluding carboxylic acids is 4. The monoisotopic (exact) mass is 520 g/mol. The normalized spacial score (nSPS) is 43.6. The van der Waals surface area contributed by atoms with E-state index in [0.717, 1.165) is 5.57 Å². The molecule has 4 aliphatic rings. The number of hydrogen-bond acceptors (Lipinski definition) is 9. The summed E-state index contributed by atoms with van der Waals surface area (Å²) in [5.74, 6) is -2.86. The standard InChI is InChI=1S/C28H40O9/c1-14-19-9-10-20-24(36-17(4)31)27(19,13-26(20,8)37-18(5)32)12-23(35-16(3)30)28(33)21(14)11-22(25(28,6)7)34-15(2)29/h19-24,33H,1,9-13H2,2-8H3/t19-,20-,21-,22-,23-,24-,26+,27+,28-/m0/s1. The average molecular weight is 521 g/mol. The van der Waals surface area contributed by atoms with E-state index in [2.05, 4.69) is 6.58 Å². The van der Waals surface area contributed by atoms with Crippen molar-refractivity contribution < 1.29 is 43.2 Å². The van der Waals surface area contributed by atoms with Crippen LogP contribution in [0.1, 0.15) is 80.6 Å². The van der Waals surface area contributed by atoms with Crippen LogP contribution in [0.4, 0.5) is 0 Å². The van der Waals surface area contributed by atoms with Crippen LogP contribution in [0, 0.1) is 28.6 Å². The highest BCUT2D eigenvalue weighted by molar-refractivity contribution is 5.68. The van der Waals surface area contributed by atoms with Crippen LogP contribution in [0.2, 0.25) is 0 Å². The van der Waals surface area contributed by atoms with Crippen LogP contribution in [0.3, 0.4) is 0 Å². The highest BCUT2D eigenvalue weighted by Crippen LogP contribution is 2.70. The minimum Gasteiger partial charge on any atom is -0.462 e. The highest BCUT2D eigenvalue weighted by Gasteiger charge is 2.75. The van der Waals surface area contributed by atoms with Gasteiger partial charge in [0.25, 0.3) is 0 Å². The molecule has 0 heterocycles. The summed E-state index contributed by atoms with van der Waals surface area (Å²) in [7, 11) is 0. The molecule has 2 bridgehead atoms. The zero-order chi connectivity index (χ0) is 27.7. The molecule has 9 nitrogen and oxygen atoms in total. The first-order chi connectivity index (χ1) is 17.0. The van der Waals surface area contributed by atoms with Crippen LogP contribution in [0.5, 0.6) is 0 Å². The minimum absolute atomic E-state index is 0.185. The second-order valence-electron chi connectivity index (χ2n) is 12.4. The van der Waals surface area contributed by atoms with Gasteiger partial charge >= 0.3 is 23.9 Å². The molecule has 37 heavy (non-hydrogen) atoms. The third kappa shape index (κ3) is 3.99. The van der Waals surface area contributed by atoms with Crippen molar-refractivity contribution in [2.24, 2.45) is 28.6 Å². The van der Waals surface area contributed by atoms with E-state index >= 15 is 0 Å². The van der Waals surface area contributed by atoms with Gasteiger partial charge in [0.2, 0.25) is 0 Å². The van der Waals surface area contributed by atoms with Gasteiger partial charge < -0.3 is 24.1 Å². The van der Waals surface area contributed by atoms with E-state index in [0.29, 0.717) is 25.7 Å². The molecule has 1 spiro atoms. The largest absolute Gasteiger partial charge is 0.462 e. The smallest absolute Gasteiger partial charge is 0.303 e. The lowest BCUT2D eigenvalue weighted by Crippen LogP contribution is -2.58. The Hall–Kier alpha value is -2.42. The summed E-state index contributed by atoms with van der Waals surface area (Å²) < 4.78 is 23.5. The number of ether oxygens (including phenoxy) is 4. The number of esters is 4. The van der Waals surface area contributed by atoms with E-state index in [1.165, 1.54) is 27.7 Å². The molecule has 4 aliphatic carbocycles. The molecule has 0 saturated heterocycles. The van der Waals surface area contributed by atoms with Gasteiger partial charge in [-0.2, -0.15) is 0 Å². The molecule has 1 N–H and O–H groups in total. The van der Waals surface area contributed by atoms with Crippen LogP contribution in [-0.2, 0) is 38.1 Å². The topological polar surface area (TPSA) is 125 Å². The lowest BCUT2D eigenvalue weighted by molar-refractivity contribution is -0.204. The fraction of sp³-hybridized carbons (Fsp3) is 0.786. The first-order valence-corrected chi connectivity index (χ1v) is 13.1. The van der Waals surface area contributed by atoms with Crippen molar-refractivity contribution in [1.29, 1.82) is 0 Å². The third-order valence-electron chi connectivity index (χ3n) is 9.91. The maximum absolute atomic E-state index is 12.6. The molecule has 4 rings (SSSR count). The molecule has 9 atom stereocenters. The number of carbonyl (C=O) groups is 4. The van der Waals surface area contributed by atoms with Crippen molar-refractivity contribution in [3.63, 3.8) is 0 Å². The first kappa shape index (κ1) is 27.6. The summed E-state index contributed by atoms with van der Waals surface area (Å²) >= 11 is 0. The molecule has 0 radical (unpaired) electrons. The molecule has 0 aromatic rings. The van der Waals surface area contributed by atoms with Crippen molar-refractivity contribution in [3.05, 3.63) is 12.2 Å². The van der Waals surface area contributed by atoms with Crippen molar-refractivity contribution >= 4 is 23.9 Å². The molecule has 0 aromatic heterocycles. The third-order valence-corrected chi connectivity index (χ3v) is 9.91. The number of hydrogen-bond donors (Lipinski definition) is 1. The van der Waals surface area contributed by atoms with E-state index in [-0.39, 0.29) is 18.3 Å². The fourth-order valence-electron chi connectivity index (χ4n) is 8.66. The van der Waals surface area contributed by atoms with Crippen LogP contribution in [-0.4, -0.2) is 58.5 Å². The van der Waals surface area contributed by atoms with Gasteiger partial charge in [0, 0.05) is 50.4 Å². The molecular weight excluding hydrogens is 480 g/mol. The molecule has 0 amide bonds. The number of rotatable bonds is 4. The van der Waals surface area contributed by atoms with E-state index in [1.807, 2.05) is 20.8 Å². The van der Waals surface area contributed by atoms with Crippen LogP contribution in [0.15, 0.2) is 12.2 Å². The van der Waals surface area contributed by atoms with Crippen molar-refractivity contribution in [3.8, 4) is 0 Å². The Balaban J connectivity index is 1.90. The Morgan fingerprint density at radius 1 is 0.838 bits per heavy atom. The second kappa shape index (κ2) is 8.82. The van der Waals surface area contributed by atoms with Crippen LogP contribution >= 0.6 is 0 Å².